The number of para-hydroxylation sites is 4. The Morgan fingerprint density at radius 3 is 2.07 bits per heavy atom. The van der Waals surface area contributed by atoms with Crippen LogP contribution in [0.5, 0.6) is 0 Å². The van der Waals surface area contributed by atoms with Gasteiger partial charge in [0.05, 0.1) is 21.7 Å². The molecule has 0 saturated carbocycles. The highest BCUT2D eigenvalue weighted by molar-refractivity contribution is 8.32. The van der Waals surface area contributed by atoms with Crippen molar-refractivity contribution in [1.82, 2.24) is 9.55 Å². The van der Waals surface area contributed by atoms with Crippen molar-refractivity contribution >= 4 is 93.7 Å². The van der Waals surface area contributed by atoms with Crippen molar-refractivity contribution in [2.24, 2.45) is 0 Å². The van der Waals surface area contributed by atoms with E-state index in [0.29, 0.717) is 0 Å². The summed E-state index contributed by atoms with van der Waals surface area (Å²) >= 11 is 0. The van der Waals surface area contributed by atoms with E-state index < -0.39 is 10.0 Å². The molecule has 214 valence electrons. The Labute approximate surface area is 264 Å². The van der Waals surface area contributed by atoms with Crippen LogP contribution in [0, 0.1) is 0 Å². The fourth-order valence-electron chi connectivity index (χ4n) is 8.11. The second-order valence-corrected chi connectivity index (χ2v) is 17.2. The molecule has 2 aromatic heterocycles. The Bertz CT molecular complexity index is 2540. The van der Waals surface area contributed by atoms with Gasteiger partial charge in [0, 0.05) is 44.1 Å². The van der Waals surface area contributed by atoms with Crippen molar-refractivity contribution in [3.8, 4) is 5.69 Å². The number of hydrogen-bond acceptors (Lipinski definition) is 2. The summed E-state index contributed by atoms with van der Waals surface area (Å²) < 4.78 is 2.55. The van der Waals surface area contributed by atoms with Gasteiger partial charge in [-0.2, -0.15) is 0 Å². The van der Waals surface area contributed by atoms with E-state index in [0.717, 1.165) is 11.2 Å². The maximum absolute atomic E-state index is 5.71. The van der Waals surface area contributed by atoms with Crippen LogP contribution < -0.4 is 21.3 Å². The summed E-state index contributed by atoms with van der Waals surface area (Å²) in [5.74, 6) is 0. The minimum atomic E-state index is -1.14. The predicted molar refractivity (Wildman–Crippen MR) is 197 cm³/mol. The van der Waals surface area contributed by atoms with Gasteiger partial charge in [-0.1, -0.05) is 97.1 Å². The van der Waals surface area contributed by atoms with Crippen LogP contribution in [0.4, 0.5) is 17.1 Å². The molecule has 3 nitrogen and oxygen atoms in total. The van der Waals surface area contributed by atoms with Gasteiger partial charge in [-0.25, -0.2) is 15.0 Å². The number of aromatic nitrogens is 2. The van der Waals surface area contributed by atoms with E-state index >= 15 is 0 Å². The molecule has 0 aliphatic carbocycles. The molecule has 10 rings (SSSR count). The van der Waals surface area contributed by atoms with Crippen molar-refractivity contribution in [2.45, 2.75) is 5.03 Å². The minimum absolute atomic E-state index is 0.0924. The van der Waals surface area contributed by atoms with E-state index in [4.69, 9.17) is 4.98 Å². The van der Waals surface area contributed by atoms with Crippen LogP contribution in [0.25, 0.3) is 49.2 Å². The second kappa shape index (κ2) is 8.80. The highest BCUT2D eigenvalue weighted by atomic mass is 32.3. The summed E-state index contributed by atoms with van der Waals surface area (Å²) in [5.41, 5.74) is 12.5. The van der Waals surface area contributed by atoms with E-state index in [1.807, 2.05) is 0 Å². The van der Waals surface area contributed by atoms with Crippen molar-refractivity contribution in [1.29, 1.82) is 0 Å². The first-order valence-electron chi connectivity index (χ1n) is 15.5. The van der Waals surface area contributed by atoms with E-state index in [2.05, 4.69) is 156 Å². The molecular formula is C40H30BN3S. The van der Waals surface area contributed by atoms with E-state index in [9.17, 15) is 0 Å². The number of pyridine rings is 1. The monoisotopic (exact) mass is 595 g/mol. The molecule has 0 N–H and O–H groups in total. The third-order valence-corrected chi connectivity index (χ3v) is 11.3. The van der Waals surface area contributed by atoms with E-state index in [1.165, 1.54) is 76.4 Å². The average molecular weight is 596 g/mol. The van der Waals surface area contributed by atoms with E-state index in [1.54, 1.807) is 0 Å². The zero-order valence-electron chi connectivity index (χ0n) is 25.5. The SMILES string of the molecule is CS(C)(C)c1nc2c3c4c(cc2c2ccccc12)-n1c2ccccc2c2cccc(c21)B4c1ccccc1N3c1ccccc1. The zero-order chi connectivity index (χ0) is 30.0. The maximum Gasteiger partial charge on any atom is 0.252 e. The smallest absolute Gasteiger partial charge is 0.252 e. The van der Waals surface area contributed by atoms with Crippen molar-refractivity contribution in [3.63, 3.8) is 0 Å². The molecule has 0 fully saturated rings. The van der Waals surface area contributed by atoms with Crippen LogP contribution in [-0.2, 0) is 0 Å². The number of benzene rings is 6. The number of fused-ring (bicyclic) bond motifs is 11. The fourth-order valence-corrected chi connectivity index (χ4v) is 9.32. The average Bonchev–Trinajstić information content (AvgIpc) is 3.41. The molecule has 0 unspecified atom stereocenters. The summed E-state index contributed by atoms with van der Waals surface area (Å²) in [7, 11) is -1.14. The Kier molecular flexibility index (Phi) is 4.96. The minimum Gasteiger partial charge on any atom is -0.310 e. The van der Waals surface area contributed by atoms with Crippen LogP contribution in [0.2, 0.25) is 0 Å². The number of nitrogens with zero attached hydrogens (tertiary/aromatic N) is 3. The summed E-state index contributed by atoms with van der Waals surface area (Å²) in [6.07, 6.45) is 7.09. The lowest BCUT2D eigenvalue weighted by Gasteiger charge is -2.41. The molecule has 0 bridgehead atoms. The Balaban J connectivity index is 1.50. The Morgan fingerprint density at radius 1 is 0.578 bits per heavy atom. The first-order valence-corrected chi connectivity index (χ1v) is 18.4. The second-order valence-electron chi connectivity index (χ2n) is 13.1. The number of rotatable bonds is 2. The highest BCUT2D eigenvalue weighted by Gasteiger charge is 2.43. The van der Waals surface area contributed by atoms with Crippen LogP contribution in [0.15, 0.2) is 132 Å². The van der Waals surface area contributed by atoms with Gasteiger partial charge in [0.15, 0.2) is 0 Å². The third-order valence-electron chi connectivity index (χ3n) is 9.83. The molecule has 45 heavy (non-hydrogen) atoms. The number of hydrogen-bond donors (Lipinski definition) is 0. The lowest BCUT2D eigenvalue weighted by atomic mass is 9.33. The zero-order valence-corrected chi connectivity index (χ0v) is 26.3. The maximum atomic E-state index is 5.71. The van der Waals surface area contributed by atoms with Crippen LogP contribution in [0.1, 0.15) is 0 Å². The van der Waals surface area contributed by atoms with Gasteiger partial charge in [0.2, 0.25) is 0 Å². The van der Waals surface area contributed by atoms with Gasteiger partial charge in [0.25, 0.3) is 6.71 Å². The van der Waals surface area contributed by atoms with Gasteiger partial charge in [0.1, 0.15) is 0 Å². The third kappa shape index (κ3) is 3.26. The van der Waals surface area contributed by atoms with Gasteiger partial charge in [-0.05, 0) is 70.9 Å². The molecule has 0 atom stereocenters. The summed E-state index contributed by atoms with van der Waals surface area (Å²) in [5, 5.41) is 7.57. The van der Waals surface area contributed by atoms with Gasteiger partial charge < -0.3 is 9.47 Å². The van der Waals surface area contributed by atoms with Crippen LogP contribution >= 0.6 is 10.0 Å². The first-order chi connectivity index (χ1) is 22.0. The first kappa shape index (κ1) is 25.3. The van der Waals surface area contributed by atoms with Crippen LogP contribution in [0.3, 0.4) is 0 Å². The molecular weight excluding hydrogens is 565 g/mol. The lowest BCUT2D eigenvalue weighted by Crippen LogP contribution is -2.60. The van der Waals surface area contributed by atoms with Gasteiger partial charge in [-0.15, -0.1) is 0 Å². The number of anilines is 3. The van der Waals surface area contributed by atoms with Crippen molar-refractivity contribution in [3.05, 3.63) is 127 Å². The molecule has 2 aliphatic rings. The summed E-state index contributed by atoms with van der Waals surface area (Å²) in [6.45, 7) is 0.0924. The van der Waals surface area contributed by atoms with Gasteiger partial charge in [-0.3, -0.25) is 0 Å². The molecule has 6 aromatic carbocycles. The molecule has 5 heteroatoms. The summed E-state index contributed by atoms with van der Waals surface area (Å²) in [6, 6.07) is 47.0. The standard InChI is InChI=1S/C40H30BN3S/c1-45(2,3)40-29-18-8-7-16-26(29)30-24-35-36-39(37(30)42-40)43(25-14-5-4-6-15-25)34-23-12-10-20-31(34)41(36)32-21-13-19-28-27-17-9-11-22-33(27)44(35)38(28)32/h4-24H,1-3H3. The predicted octanol–water partition coefficient (Wildman–Crippen LogP) is 8.15. The molecule has 2 aliphatic heterocycles. The van der Waals surface area contributed by atoms with Crippen LogP contribution in [-0.4, -0.2) is 35.0 Å². The molecule has 8 aromatic rings. The Hall–Kier alpha value is -5.00. The molecule has 0 spiro atoms. The van der Waals surface area contributed by atoms with Gasteiger partial charge >= 0.3 is 0 Å². The van der Waals surface area contributed by atoms with Crippen molar-refractivity contribution in [2.75, 3.05) is 23.7 Å². The van der Waals surface area contributed by atoms with Crippen molar-refractivity contribution < 1.29 is 0 Å². The molecule has 0 saturated heterocycles. The van der Waals surface area contributed by atoms with E-state index in [-0.39, 0.29) is 6.71 Å². The normalized spacial score (nSPS) is 13.9. The topological polar surface area (TPSA) is 21.1 Å². The molecule has 0 radical (unpaired) electrons. The summed E-state index contributed by atoms with van der Waals surface area (Å²) in [4.78, 5) is 8.20. The fraction of sp³-hybridized carbons (Fsp3) is 0.0750. The lowest BCUT2D eigenvalue weighted by molar-refractivity contribution is 1.17. The highest BCUT2D eigenvalue weighted by Crippen LogP contribution is 2.51. The molecule has 0 amide bonds. The largest absolute Gasteiger partial charge is 0.310 e. The molecule has 4 heterocycles. The quantitative estimate of drug-likeness (QED) is 0.149. The Morgan fingerprint density at radius 2 is 1.24 bits per heavy atom.